The Labute approximate surface area is 168 Å². The molecule has 0 aliphatic carbocycles. The van der Waals surface area contributed by atoms with Crippen molar-refractivity contribution in [2.24, 2.45) is 0 Å². The minimum Gasteiger partial charge on any atom is -0.372 e. The van der Waals surface area contributed by atoms with Crippen molar-refractivity contribution >= 4 is 34.8 Å². The van der Waals surface area contributed by atoms with Gasteiger partial charge in [-0.3, -0.25) is 4.79 Å². The van der Waals surface area contributed by atoms with Crippen molar-refractivity contribution in [3.8, 4) is 0 Å². The first-order chi connectivity index (χ1) is 12.8. The molecule has 0 aromatic heterocycles. The van der Waals surface area contributed by atoms with E-state index in [1.54, 1.807) is 12.1 Å². The second kappa shape index (κ2) is 7.76. The topological polar surface area (TPSA) is 43.8 Å². The summed E-state index contributed by atoms with van der Waals surface area (Å²) in [5.41, 5.74) is -1.73. The number of hydrogen-bond acceptors (Lipinski definition) is 3. The van der Waals surface area contributed by atoms with E-state index in [1.807, 2.05) is 13.8 Å². The first-order valence-corrected chi connectivity index (χ1v) is 9.61. The Hall–Kier alpha value is -1.66. The standard InChI is InChI=1S/C20H21Cl2FN2O2/c1-3-24(4-2)9-10-25-17-12-13(21)11-15(22)18(17)20(27,19(25)26)14-7-5-6-8-16(14)23/h5-8,11-12,27H,3-4,9-10H2,1-2H3. The number of carbonyl (C=O) groups is 1. The highest BCUT2D eigenvalue weighted by molar-refractivity contribution is 6.37. The Morgan fingerprint density at radius 1 is 1.19 bits per heavy atom. The lowest BCUT2D eigenvalue weighted by atomic mass is 9.87. The Balaban J connectivity index is 2.13. The maximum absolute atomic E-state index is 14.5. The van der Waals surface area contributed by atoms with Gasteiger partial charge in [-0.25, -0.2) is 4.39 Å². The Morgan fingerprint density at radius 2 is 1.85 bits per heavy atom. The van der Waals surface area contributed by atoms with E-state index in [-0.39, 0.29) is 16.1 Å². The number of likely N-dealkylation sites (N-methyl/N-ethyl adjacent to an activating group) is 1. The maximum atomic E-state index is 14.5. The normalized spacial score (nSPS) is 19.1. The molecule has 1 N–H and O–H groups in total. The van der Waals surface area contributed by atoms with Gasteiger partial charge in [0.2, 0.25) is 5.60 Å². The Bertz CT molecular complexity index is 873. The minimum atomic E-state index is -2.19. The van der Waals surface area contributed by atoms with Gasteiger partial charge in [0.25, 0.3) is 5.91 Å². The predicted octanol–water partition coefficient (Wildman–Crippen LogP) is 4.06. The van der Waals surface area contributed by atoms with Gasteiger partial charge >= 0.3 is 0 Å². The van der Waals surface area contributed by atoms with E-state index < -0.39 is 17.3 Å². The van der Waals surface area contributed by atoms with Crippen molar-refractivity contribution in [2.75, 3.05) is 31.1 Å². The van der Waals surface area contributed by atoms with Crippen LogP contribution in [0.5, 0.6) is 0 Å². The highest BCUT2D eigenvalue weighted by Crippen LogP contribution is 2.49. The second-order valence-corrected chi connectivity index (χ2v) is 7.30. The summed E-state index contributed by atoms with van der Waals surface area (Å²) in [5, 5.41) is 11.9. The number of anilines is 1. The molecule has 2 aromatic rings. The van der Waals surface area contributed by atoms with Crippen LogP contribution in [0.15, 0.2) is 36.4 Å². The van der Waals surface area contributed by atoms with Gasteiger partial charge in [-0.2, -0.15) is 0 Å². The fourth-order valence-corrected chi connectivity index (χ4v) is 4.17. The van der Waals surface area contributed by atoms with Crippen LogP contribution < -0.4 is 4.90 Å². The largest absolute Gasteiger partial charge is 0.372 e. The van der Waals surface area contributed by atoms with Gasteiger partial charge in [0, 0.05) is 29.2 Å². The van der Waals surface area contributed by atoms with Crippen LogP contribution in [0.1, 0.15) is 25.0 Å². The fourth-order valence-electron chi connectivity index (χ4n) is 3.55. The number of rotatable bonds is 6. The predicted molar refractivity (Wildman–Crippen MR) is 106 cm³/mol. The van der Waals surface area contributed by atoms with Gasteiger partial charge in [0.1, 0.15) is 5.82 Å². The van der Waals surface area contributed by atoms with E-state index >= 15 is 0 Å². The molecule has 1 heterocycles. The van der Waals surface area contributed by atoms with E-state index in [1.165, 1.54) is 29.2 Å². The average Bonchev–Trinajstić information content (AvgIpc) is 2.85. The number of hydrogen-bond donors (Lipinski definition) is 1. The molecule has 1 unspecified atom stereocenters. The van der Waals surface area contributed by atoms with Gasteiger partial charge in [0.05, 0.1) is 10.7 Å². The number of aliphatic hydroxyl groups is 1. The van der Waals surface area contributed by atoms with Gasteiger partial charge in [-0.15, -0.1) is 0 Å². The van der Waals surface area contributed by atoms with Crippen LogP contribution in [0.3, 0.4) is 0 Å². The molecule has 1 amide bonds. The summed E-state index contributed by atoms with van der Waals surface area (Å²) in [6.07, 6.45) is 0. The first-order valence-electron chi connectivity index (χ1n) is 8.85. The molecule has 1 atom stereocenters. The van der Waals surface area contributed by atoms with Gasteiger partial charge in [-0.05, 0) is 31.3 Å². The van der Waals surface area contributed by atoms with Crippen molar-refractivity contribution < 1.29 is 14.3 Å². The van der Waals surface area contributed by atoms with Gasteiger partial charge in [0.15, 0.2) is 0 Å². The molecule has 27 heavy (non-hydrogen) atoms. The van der Waals surface area contributed by atoms with Crippen LogP contribution >= 0.6 is 23.2 Å². The van der Waals surface area contributed by atoms with Crippen molar-refractivity contribution in [3.05, 3.63) is 63.4 Å². The van der Waals surface area contributed by atoms with Crippen molar-refractivity contribution in [2.45, 2.75) is 19.4 Å². The van der Waals surface area contributed by atoms with E-state index in [9.17, 15) is 14.3 Å². The second-order valence-electron chi connectivity index (χ2n) is 6.46. The molecule has 1 aliphatic heterocycles. The van der Waals surface area contributed by atoms with Gasteiger partial charge < -0.3 is 14.9 Å². The molecule has 1 aliphatic rings. The molecule has 0 fully saturated rings. The summed E-state index contributed by atoms with van der Waals surface area (Å²) in [7, 11) is 0. The van der Waals surface area contributed by atoms with Crippen LogP contribution in [0.2, 0.25) is 10.0 Å². The maximum Gasteiger partial charge on any atom is 0.268 e. The summed E-state index contributed by atoms with van der Waals surface area (Å²) in [4.78, 5) is 16.9. The number of fused-ring (bicyclic) bond motifs is 1. The number of nitrogens with zero attached hydrogens (tertiary/aromatic N) is 2. The molecule has 2 aromatic carbocycles. The summed E-state index contributed by atoms with van der Waals surface area (Å²) < 4.78 is 14.5. The van der Waals surface area contributed by atoms with Crippen molar-refractivity contribution in [1.29, 1.82) is 0 Å². The summed E-state index contributed by atoms with van der Waals surface area (Å²) in [6.45, 7) is 6.68. The number of halogens is 3. The third-order valence-corrected chi connectivity index (χ3v) is 5.56. The molecule has 0 spiro atoms. The lowest BCUT2D eigenvalue weighted by Gasteiger charge is -2.26. The molecular weight excluding hydrogens is 390 g/mol. The molecule has 7 heteroatoms. The molecule has 3 rings (SSSR count). The highest BCUT2D eigenvalue weighted by atomic mass is 35.5. The summed E-state index contributed by atoms with van der Waals surface area (Å²) in [5.74, 6) is -1.30. The first kappa shape index (κ1) is 20.1. The van der Waals surface area contributed by atoms with Crippen LogP contribution in [-0.4, -0.2) is 42.1 Å². The quantitative estimate of drug-likeness (QED) is 0.780. The zero-order valence-electron chi connectivity index (χ0n) is 15.2. The van der Waals surface area contributed by atoms with Gasteiger partial charge in [-0.1, -0.05) is 55.2 Å². The average molecular weight is 411 g/mol. The molecule has 0 saturated heterocycles. The number of carbonyl (C=O) groups excluding carboxylic acids is 1. The van der Waals surface area contributed by atoms with Crippen LogP contribution in [0.25, 0.3) is 0 Å². The van der Waals surface area contributed by atoms with E-state index in [0.29, 0.717) is 23.8 Å². The van der Waals surface area contributed by atoms with Crippen LogP contribution in [-0.2, 0) is 10.4 Å². The monoisotopic (exact) mass is 410 g/mol. The van der Waals surface area contributed by atoms with Crippen molar-refractivity contribution in [1.82, 2.24) is 4.90 Å². The molecule has 0 bridgehead atoms. The lowest BCUT2D eigenvalue weighted by molar-refractivity contribution is -0.132. The van der Waals surface area contributed by atoms with E-state index in [0.717, 1.165) is 13.1 Å². The minimum absolute atomic E-state index is 0.120. The van der Waals surface area contributed by atoms with E-state index in [4.69, 9.17) is 23.2 Å². The van der Waals surface area contributed by atoms with E-state index in [2.05, 4.69) is 4.90 Å². The molecule has 144 valence electrons. The molecule has 0 saturated carbocycles. The third kappa shape index (κ3) is 3.34. The number of benzene rings is 2. The molecule has 0 radical (unpaired) electrons. The summed E-state index contributed by atoms with van der Waals surface area (Å²) in [6, 6.07) is 8.73. The molecular formula is C20H21Cl2FN2O2. The summed E-state index contributed by atoms with van der Waals surface area (Å²) >= 11 is 12.5. The SMILES string of the molecule is CCN(CC)CCN1C(=O)C(O)(c2ccccc2F)c2c(Cl)cc(Cl)cc21. The zero-order valence-corrected chi connectivity index (χ0v) is 16.7. The number of amides is 1. The third-order valence-electron chi connectivity index (χ3n) is 5.04. The van der Waals surface area contributed by atoms with Crippen molar-refractivity contribution in [3.63, 3.8) is 0 Å². The zero-order chi connectivity index (χ0) is 19.8. The molecule has 4 nitrogen and oxygen atoms in total. The fraction of sp³-hybridized carbons (Fsp3) is 0.350. The Morgan fingerprint density at radius 3 is 2.48 bits per heavy atom. The smallest absolute Gasteiger partial charge is 0.268 e. The van der Waals surface area contributed by atoms with Crippen LogP contribution in [0, 0.1) is 5.82 Å². The van der Waals surface area contributed by atoms with Crippen LogP contribution in [0.4, 0.5) is 10.1 Å². The highest BCUT2D eigenvalue weighted by Gasteiger charge is 2.53. The lowest BCUT2D eigenvalue weighted by Crippen LogP contribution is -2.44. The Kier molecular flexibility index (Phi) is 5.77.